The molecule has 2 aromatic rings. The largest absolute Gasteiger partial charge is 0.396 e. The number of imidazole rings is 1. The van der Waals surface area contributed by atoms with Gasteiger partial charge in [-0.25, -0.2) is 9.78 Å². The van der Waals surface area contributed by atoms with Crippen LogP contribution in [0.15, 0.2) is 15.9 Å². The van der Waals surface area contributed by atoms with Crippen LogP contribution < -0.4 is 11.2 Å². The Morgan fingerprint density at radius 1 is 1.56 bits per heavy atom. The van der Waals surface area contributed by atoms with Crippen LogP contribution in [-0.2, 0) is 7.05 Å². The van der Waals surface area contributed by atoms with Crippen LogP contribution in [0.3, 0.4) is 0 Å². The van der Waals surface area contributed by atoms with Gasteiger partial charge in [-0.2, -0.15) is 0 Å². The normalized spacial score (nSPS) is 13.1. The molecule has 0 aliphatic rings. The summed E-state index contributed by atoms with van der Waals surface area (Å²) >= 11 is 6.11. The summed E-state index contributed by atoms with van der Waals surface area (Å²) in [7, 11) is 1.66. The third-order valence-corrected chi connectivity index (χ3v) is 3.09. The van der Waals surface area contributed by atoms with Crippen LogP contribution in [0, 0.1) is 0 Å². The Balaban J connectivity index is 2.63. The van der Waals surface area contributed by atoms with Crippen LogP contribution in [0.1, 0.15) is 18.3 Å². The zero-order valence-corrected chi connectivity index (χ0v) is 10.5. The molecule has 0 aliphatic heterocycles. The average molecular weight is 273 g/mol. The number of rotatable bonds is 4. The number of aromatic amines is 1. The molecule has 0 fully saturated rings. The summed E-state index contributed by atoms with van der Waals surface area (Å²) in [5, 5.41) is 8.77. The SMILES string of the molecule is Cn1cnc2c1c(=O)[nH]c(=O)n2C(Cl)CCCO. The van der Waals surface area contributed by atoms with Crippen molar-refractivity contribution in [1.82, 2.24) is 19.1 Å². The Morgan fingerprint density at radius 2 is 2.28 bits per heavy atom. The minimum Gasteiger partial charge on any atom is -0.396 e. The average Bonchev–Trinajstić information content (AvgIpc) is 2.69. The first-order valence-corrected chi connectivity index (χ1v) is 5.90. The summed E-state index contributed by atoms with van der Waals surface area (Å²) in [4.78, 5) is 29.7. The molecule has 0 aliphatic carbocycles. The van der Waals surface area contributed by atoms with Gasteiger partial charge < -0.3 is 9.67 Å². The lowest BCUT2D eigenvalue weighted by Gasteiger charge is -2.12. The standard InChI is InChI=1S/C10H13ClN4O3/c1-14-5-12-8-7(14)9(17)13-10(18)15(8)6(11)3-2-4-16/h5-6,16H,2-4H2,1H3,(H,13,17,18). The molecule has 0 saturated carbocycles. The summed E-state index contributed by atoms with van der Waals surface area (Å²) in [6, 6.07) is 0. The van der Waals surface area contributed by atoms with E-state index < -0.39 is 16.8 Å². The van der Waals surface area contributed by atoms with Crippen molar-refractivity contribution in [1.29, 1.82) is 0 Å². The van der Waals surface area contributed by atoms with Gasteiger partial charge in [-0.1, -0.05) is 11.6 Å². The highest BCUT2D eigenvalue weighted by Gasteiger charge is 2.17. The van der Waals surface area contributed by atoms with Crippen molar-refractivity contribution in [3.63, 3.8) is 0 Å². The molecule has 18 heavy (non-hydrogen) atoms. The molecule has 2 aromatic heterocycles. The summed E-state index contributed by atoms with van der Waals surface area (Å²) in [5.74, 6) is 0. The van der Waals surface area contributed by atoms with Gasteiger partial charge in [-0.15, -0.1) is 0 Å². The van der Waals surface area contributed by atoms with E-state index in [0.717, 1.165) is 0 Å². The van der Waals surface area contributed by atoms with Gasteiger partial charge >= 0.3 is 5.69 Å². The molecule has 7 nitrogen and oxygen atoms in total. The second-order valence-electron chi connectivity index (χ2n) is 3.96. The van der Waals surface area contributed by atoms with Gasteiger partial charge in [0.2, 0.25) is 0 Å². The highest BCUT2D eigenvalue weighted by Crippen LogP contribution is 2.19. The van der Waals surface area contributed by atoms with Crippen LogP contribution in [0.2, 0.25) is 0 Å². The molecule has 0 spiro atoms. The maximum Gasteiger partial charge on any atom is 0.331 e. The number of alkyl halides is 1. The molecule has 0 aromatic carbocycles. The second-order valence-corrected chi connectivity index (χ2v) is 4.46. The number of aliphatic hydroxyl groups is 1. The van der Waals surface area contributed by atoms with Gasteiger partial charge in [0.05, 0.1) is 6.33 Å². The summed E-state index contributed by atoms with van der Waals surface area (Å²) < 4.78 is 2.76. The van der Waals surface area contributed by atoms with E-state index in [2.05, 4.69) is 9.97 Å². The van der Waals surface area contributed by atoms with Gasteiger partial charge in [-0.3, -0.25) is 14.3 Å². The number of halogens is 1. The molecule has 1 unspecified atom stereocenters. The number of nitrogens with zero attached hydrogens (tertiary/aromatic N) is 3. The van der Waals surface area contributed by atoms with Crippen molar-refractivity contribution in [2.75, 3.05) is 6.61 Å². The van der Waals surface area contributed by atoms with Crippen molar-refractivity contribution in [2.45, 2.75) is 18.3 Å². The van der Waals surface area contributed by atoms with Gasteiger partial charge in [0.1, 0.15) is 5.50 Å². The molecule has 0 radical (unpaired) electrons. The van der Waals surface area contributed by atoms with Crippen molar-refractivity contribution in [3.05, 3.63) is 27.2 Å². The molecular weight excluding hydrogens is 260 g/mol. The molecular formula is C10H13ClN4O3. The predicted octanol–water partition coefficient (Wildman–Crippen LogP) is -0.0668. The number of hydrogen-bond acceptors (Lipinski definition) is 4. The van der Waals surface area contributed by atoms with E-state index in [1.54, 1.807) is 7.05 Å². The molecule has 0 saturated heterocycles. The lowest BCUT2D eigenvalue weighted by Crippen LogP contribution is -2.32. The number of nitrogens with one attached hydrogen (secondary N) is 1. The highest BCUT2D eigenvalue weighted by molar-refractivity contribution is 6.19. The maximum absolute atomic E-state index is 11.8. The highest BCUT2D eigenvalue weighted by atomic mass is 35.5. The lowest BCUT2D eigenvalue weighted by atomic mass is 10.3. The topological polar surface area (TPSA) is 92.9 Å². The zero-order chi connectivity index (χ0) is 13.3. The number of aryl methyl sites for hydroxylation is 1. The van der Waals surface area contributed by atoms with Crippen LogP contribution in [0.5, 0.6) is 0 Å². The quantitative estimate of drug-likeness (QED) is 0.762. The summed E-state index contributed by atoms with van der Waals surface area (Å²) in [6.45, 7) is -0.00726. The van der Waals surface area contributed by atoms with Gasteiger partial charge in [-0.05, 0) is 12.8 Å². The van der Waals surface area contributed by atoms with E-state index in [9.17, 15) is 9.59 Å². The maximum atomic E-state index is 11.8. The van der Waals surface area contributed by atoms with E-state index in [-0.39, 0.29) is 12.3 Å². The Labute approximate surface area is 107 Å². The number of aliphatic hydroxyl groups excluding tert-OH is 1. The molecule has 1 atom stereocenters. The predicted molar refractivity (Wildman–Crippen MR) is 66.8 cm³/mol. The van der Waals surface area contributed by atoms with E-state index >= 15 is 0 Å². The van der Waals surface area contributed by atoms with Crippen molar-refractivity contribution >= 4 is 22.8 Å². The molecule has 0 bridgehead atoms. The van der Waals surface area contributed by atoms with Gasteiger partial charge in [0.25, 0.3) is 5.56 Å². The van der Waals surface area contributed by atoms with Gasteiger partial charge in [0, 0.05) is 13.7 Å². The molecule has 98 valence electrons. The first-order chi connectivity index (χ1) is 8.56. The number of fused-ring (bicyclic) bond motifs is 1. The first kappa shape index (κ1) is 12.8. The number of hydrogen-bond donors (Lipinski definition) is 2. The third-order valence-electron chi connectivity index (χ3n) is 2.68. The monoisotopic (exact) mass is 272 g/mol. The Kier molecular flexibility index (Phi) is 3.53. The smallest absolute Gasteiger partial charge is 0.331 e. The Hall–Kier alpha value is -1.60. The minimum atomic E-state index is -0.654. The minimum absolute atomic E-state index is 0.00726. The molecule has 8 heteroatoms. The molecule has 0 amide bonds. The van der Waals surface area contributed by atoms with Crippen LogP contribution in [0.25, 0.3) is 11.2 Å². The summed E-state index contributed by atoms with van der Waals surface area (Å²) in [6.07, 6.45) is 2.33. The van der Waals surface area contributed by atoms with E-state index in [0.29, 0.717) is 18.4 Å². The van der Waals surface area contributed by atoms with Crippen LogP contribution in [-0.4, -0.2) is 30.8 Å². The zero-order valence-electron chi connectivity index (χ0n) is 9.76. The fourth-order valence-electron chi connectivity index (χ4n) is 1.82. The molecule has 2 N–H and O–H groups in total. The van der Waals surface area contributed by atoms with Crippen molar-refractivity contribution in [3.8, 4) is 0 Å². The van der Waals surface area contributed by atoms with Crippen LogP contribution >= 0.6 is 11.6 Å². The Morgan fingerprint density at radius 3 is 2.94 bits per heavy atom. The third kappa shape index (κ3) is 2.06. The summed E-state index contributed by atoms with van der Waals surface area (Å²) in [5.41, 5.74) is -1.19. The second kappa shape index (κ2) is 4.95. The number of aromatic nitrogens is 4. The molecule has 2 heterocycles. The fraction of sp³-hybridized carbons (Fsp3) is 0.500. The molecule has 2 rings (SSSR count). The Bertz CT molecular complexity index is 672. The van der Waals surface area contributed by atoms with Crippen molar-refractivity contribution in [2.24, 2.45) is 7.05 Å². The van der Waals surface area contributed by atoms with E-state index in [4.69, 9.17) is 16.7 Å². The number of H-pyrrole nitrogens is 1. The fourth-order valence-corrected chi connectivity index (χ4v) is 2.15. The lowest BCUT2D eigenvalue weighted by molar-refractivity contribution is 0.280. The van der Waals surface area contributed by atoms with E-state index in [1.165, 1.54) is 15.5 Å². The van der Waals surface area contributed by atoms with Crippen LogP contribution in [0.4, 0.5) is 0 Å². The first-order valence-electron chi connectivity index (χ1n) is 5.47. The van der Waals surface area contributed by atoms with Crippen molar-refractivity contribution < 1.29 is 5.11 Å². The van der Waals surface area contributed by atoms with E-state index in [1.807, 2.05) is 0 Å². The van der Waals surface area contributed by atoms with Gasteiger partial charge in [0.15, 0.2) is 11.2 Å².